The van der Waals surface area contributed by atoms with Crippen LogP contribution in [-0.2, 0) is 32.3 Å². The Morgan fingerprint density at radius 2 is 0.731 bits per heavy atom. The quantitative estimate of drug-likeness (QED) is 0.0540. The fourth-order valence-corrected chi connectivity index (χ4v) is 6.85. The number of rotatable bonds is 33. The Labute approximate surface area is 319 Å². The first-order chi connectivity index (χ1) is 25.5. The molecule has 0 saturated heterocycles. The fraction of sp³-hybridized carbons (Fsp3) is 0.696. The van der Waals surface area contributed by atoms with Crippen LogP contribution in [0.4, 0.5) is 0 Å². The zero-order valence-electron chi connectivity index (χ0n) is 33.9. The minimum Gasteiger partial charge on any atom is -0.461 e. The molecule has 0 atom stereocenters. The van der Waals surface area contributed by atoms with Crippen LogP contribution in [0.2, 0.25) is 0 Å². The van der Waals surface area contributed by atoms with E-state index < -0.39 is 0 Å². The first kappa shape index (κ1) is 45.5. The van der Waals surface area contributed by atoms with Crippen molar-refractivity contribution < 1.29 is 19.1 Å². The summed E-state index contributed by atoms with van der Waals surface area (Å²) in [5.41, 5.74) is 3.93. The highest BCUT2D eigenvalue weighted by atomic mass is 16.5. The van der Waals surface area contributed by atoms with Gasteiger partial charge in [-0.15, -0.1) is 0 Å². The van der Waals surface area contributed by atoms with Crippen LogP contribution >= 0.6 is 0 Å². The standard InChI is InChI=1S/C46H76N2O4/c1-5-9-13-15-17-25-35-47(33-23-11-7-3)37-31-45(49)51-39-41-27-19-21-29-43(41)44-30-22-20-28-42(44)40-52-46(50)32-38-48(34-24-12-8-4)36-26-18-16-14-10-6-2/h19-22,27-30H,5-18,23-26,31-40H2,1-4H3. The molecule has 0 saturated carbocycles. The Balaban J connectivity index is 1.91. The molecular weight excluding hydrogens is 645 g/mol. The van der Waals surface area contributed by atoms with Gasteiger partial charge >= 0.3 is 11.9 Å². The van der Waals surface area contributed by atoms with E-state index in [0.717, 1.165) is 61.5 Å². The first-order valence-corrected chi connectivity index (χ1v) is 21.4. The SMILES string of the molecule is CCCCCCCCN(CCCCC)CCC(=O)OCc1ccccc1-c1ccccc1COC(=O)CCN(CCCCC)CCCCCCCC. The van der Waals surface area contributed by atoms with Crippen LogP contribution in [0.5, 0.6) is 0 Å². The molecule has 0 heterocycles. The van der Waals surface area contributed by atoms with Crippen molar-refractivity contribution in [2.75, 3.05) is 39.3 Å². The van der Waals surface area contributed by atoms with Gasteiger partial charge in [-0.2, -0.15) is 0 Å². The molecule has 2 aromatic rings. The second-order valence-electron chi connectivity index (χ2n) is 14.8. The lowest BCUT2D eigenvalue weighted by atomic mass is 9.96. The average Bonchev–Trinajstić information content (AvgIpc) is 3.16. The molecule has 0 N–H and O–H groups in total. The third-order valence-electron chi connectivity index (χ3n) is 10.2. The van der Waals surface area contributed by atoms with E-state index in [2.05, 4.69) is 49.6 Å². The fourth-order valence-electron chi connectivity index (χ4n) is 6.85. The maximum Gasteiger partial charge on any atom is 0.307 e. The van der Waals surface area contributed by atoms with Gasteiger partial charge in [0.15, 0.2) is 0 Å². The van der Waals surface area contributed by atoms with Gasteiger partial charge in [0.2, 0.25) is 0 Å². The summed E-state index contributed by atoms with van der Waals surface area (Å²) in [6, 6.07) is 16.2. The summed E-state index contributed by atoms with van der Waals surface area (Å²) in [5, 5.41) is 0. The third-order valence-corrected chi connectivity index (χ3v) is 10.2. The summed E-state index contributed by atoms with van der Waals surface area (Å²) in [5.74, 6) is -0.304. The lowest BCUT2D eigenvalue weighted by Crippen LogP contribution is -2.29. The zero-order chi connectivity index (χ0) is 37.5. The van der Waals surface area contributed by atoms with Crippen molar-refractivity contribution >= 4 is 11.9 Å². The number of hydrogen-bond donors (Lipinski definition) is 0. The van der Waals surface area contributed by atoms with E-state index in [1.165, 1.54) is 116 Å². The molecule has 52 heavy (non-hydrogen) atoms. The Morgan fingerprint density at radius 1 is 0.423 bits per heavy atom. The molecule has 0 aliphatic rings. The third kappa shape index (κ3) is 21.1. The molecule has 0 aromatic heterocycles. The second-order valence-corrected chi connectivity index (χ2v) is 14.8. The number of benzene rings is 2. The lowest BCUT2D eigenvalue weighted by molar-refractivity contribution is -0.146. The number of carbonyl (C=O) groups excluding carboxylic acids is 2. The van der Waals surface area contributed by atoms with Gasteiger partial charge in [-0.1, -0.05) is 166 Å². The highest BCUT2D eigenvalue weighted by molar-refractivity contribution is 5.73. The van der Waals surface area contributed by atoms with Gasteiger partial charge in [0.05, 0.1) is 12.8 Å². The topological polar surface area (TPSA) is 59.1 Å². The number of nitrogens with zero attached hydrogens (tertiary/aromatic N) is 2. The van der Waals surface area contributed by atoms with E-state index in [9.17, 15) is 9.59 Å². The average molecular weight is 721 g/mol. The highest BCUT2D eigenvalue weighted by Gasteiger charge is 2.15. The van der Waals surface area contributed by atoms with Crippen LogP contribution in [0.15, 0.2) is 48.5 Å². The lowest BCUT2D eigenvalue weighted by Gasteiger charge is -2.22. The van der Waals surface area contributed by atoms with Crippen LogP contribution < -0.4 is 0 Å². The number of esters is 2. The van der Waals surface area contributed by atoms with Gasteiger partial charge in [-0.3, -0.25) is 9.59 Å². The van der Waals surface area contributed by atoms with E-state index in [1.54, 1.807) is 0 Å². The van der Waals surface area contributed by atoms with Crippen LogP contribution in [0.25, 0.3) is 11.1 Å². The largest absolute Gasteiger partial charge is 0.461 e. The van der Waals surface area contributed by atoms with Crippen molar-refractivity contribution in [3.63, 3.8) is 0 Å². The molecule has 0 aliphatic carbocycles. The van der Waals surface area contributed by atoms with Crippen LogP contribution in [0, 0.1) is 0 Å². The van der Waals surface area contributed by atoms with Crippen molar-refractivity contribution in [3.05, 3.63) is 59.7 Å². The molecule has 2 aromatic carbocycles. The van der Waals surface area contributed by atoms with Crippen LogP contribution in [0.3, 0.4) is 0 Å². The molecule has 0 aliphatic heterocycles. The van der Waals surface area contributed by atoms with Crippen molar-refractivity contribution in [1.82, 2.24) is 9.80 Å². The van der Waals surface area contributed by atoms with Gasteiger partial charge in [0.25, 0.3) is 0 Å². The molecule has 6 heteroatoms. The summed E-state index contributed by atoms with van der Waals surface area (Å²) in [7, 11) is 0. The molecule has 0 radical (unpaired) electrons. The summed E-state index contributed by atoms with van der Waals surface area (Å²) in [6.07, 6.45) is 23.4. The monoisotopic (exact) mass is 721 g/mol. The Hall–Kier alpha value is -2.70. The first-order valence-electron chi connectivity index (χ1n) is 21.4. The van der Waals surface area contributed by atoms with Gasteiger partial charge < -0.3 is 19.3 Å². The number of hydrogen-bond acceptors (Lipinski definition) is 6. The summed E-state index contributed by atoms with van der Waals surface area (Å²) in [4.78, 5) is 30.9. The van der Waals surface area contributed by atoms with Gasteiger partial charge in [-0.25, -0.2) is 0 Å². The smallest absolute Gasteiger partial charge is 0.307 e. The normalized spacial score (nSPS) is 11.4. The molecule has 0 spiro atoms. The highest BCUT2D eigenvalue weighted by Crippen LogP contribution is 2.28. The predicted octanol–water partition coefficient (Wildman–Crippen LogP) is 11.9. The number of unbranched alkanes of at least 4 members (excludes halogenated alkanes) is 14. The number of carbonyl (C=O) groups is 2. The zero-order valence-corrected chi connectivity index (χ0v) is 33.9. The second kappa shape index (κ2) is 30.7. The minimum absolute atomic E-state index is 0.152. The molecule has 2 rings (SSSR count). The van der Waals surface area contributed by atoms with E-state index >= 15 is 0 Å². The number of ether oxygens (including phenoxy) is 2. The molecule has 0 unspecified atom stereocenters. The Kier molecular flexibility index (Phi) is 26.9. The summed E-state index contributed by atoms with van der Waals surface area (Å²) >= 11 is 0. The molecule has 0 bridgehead atoms. The van der Waals surface area contributed by atoms with Crippen molar-refractivity contribution in [1.29, 1.82) is 0 Å². The van der Waals surface area contributed by atoms with Crippen LogP contribution in [0.1, 0.15) is 167 Å². The molecule has 6 nitrogen and oxygen atoms in total. The maximum atomic E-state index is 13.0. The van der Waals surface area contributed by atoms with Gasteiger partial charge in [-0.05, 0) is 74.1 Å². The van der Waals surface area contributed by atoms with Crippen molar-refractivity contribution in [3.8, 4) is 11.1 Å². The Morgan fingerprint density at radius 3 is 1.12 bits per heavy atom. The van der Waals surface area contributed by atoms with Crippen molar-refractivity contribution in [2.45, 2.75) is 169 Å². The molecule has 0 fully saturated rings. The minimum atomic E-state index is -0.152. The van der Waals surface area contributed by atoms with E-state index in [4.69, 9.17) is 9.47 Å². The molecular formula is C46H76N2O4. The summed E-state index contributed by atoms with van der Waals surface area (Å²) in [6.45, 7) is 15.2. The van der Waals surface area contributed by atoms with E-state index in [0.29, 0.717) is 12.8 Å². The maximum absolute atomic E-state index is 13.0. The molecule has 294 valence electrons. The Bertz CT molecular complexity index is 1090. The van der Waals surface area contributed by atoms with Gasteiger partial charge in [0, 0.05) is 13.1 Å². The van der Waals surface area contributed by atoms with Crippen LogP contribution in [-0.4, -0.2) is 61.0 Å². The van der Waals surface area contributed by atoms with E-state index in [1.807, 2.05) is 36.4 Å². The van der Waals surface area contributed by atoms with Crippen molar-refractivity contribution in [2.24, 2.45) is 0 Å². The predicted molar refractivity (Wildman–Crippen MR) is 219 cm³/mol. The molecule has 0 amide bonds. The van der Waals surface area contributed by atoms with Gasteiger partial charge in [0.1, 0.15) is 13.2 Å². The van der Waals surface area contributed by atoms with E-state index in [-0.39, 0.29) is 25.2 Å². The summed E-state index contributed by atoms with van der Waals surface area (Å²) < 4.78 is 11.7.